The molecule has 0 amide bonds. The molecule has 0 aromatic heterocycles. The molecule has 16 heavy (non-hydrogen) atoms. The van der Waals surface area contributed by atoms with E-state index in [0.717, 1.165) is 11.6 Å². The Morgan fingerprint density at radius 1 is 1.25 bits per heavy atom. The minimum Gasteiger partial charge on any atom is -0.247 e. The third-order valence-corrected chi connectivity index (χ3v) is 3.91. The van der Waals surface area contributed by atoms with E-state index in [4.69, 9.17) is 4.99 Å². The molecule has 0 spiro atoms. The smallest absolute Gasteiger partial charge is 0.0738 e. The average Bonchev–Trinajstić information content (AvgIpc) is 2.82. The van der Waals surface area contributed by atoms with Gasteiger partial charge in [0.2, 0.25) is 0 Å². The van der Waals surface area contributed by atoms with Crippen LogP contribution in [0.4, 0.5) is 5.69 Å². The Morgan fingerprint density at radius 3 is 2.56 bits per heavy atom. The van der Waals surface area contributed by atoms with E-state index in [2.05, 4.69) is 18.4 Å². The molecule has 1 aromatic rings. The summed E-state index contributed by atoms with van der Waals surface area (Å²) in [6.07, 6.45) is 8.94. The molecular formula is C14H19NS. The molecule has 0 saturated heterocycles. The lowest BCUT2D eigenvalue weighted by molar-refractivity contribution is 0.576. The normalized spacial score (nSPS) is 17.9. The Morgan fingerprint density at radius 2 is 1.94 bits per heavy atom. The molecule has 0 atom stereocenters. The van der Waals surface area contributed by atoms with Crippen molar-refractivity contribution in [2.24, 2.45) is 10.9 Å². The third-order valence-electron chi connectivity index (χ3n) is 3.18. The number of nitrogens with zero attached hydrogens (tertiary/aromatic N) is 1. The van der Waals surface area contributed by atoms with Crippen LogP contribution in [-0.4, -0.2) is 11.3 Å². The number of hydrogen-bond donors (Lipinski definition) is 0. The van der Waals surface area contributed by atoms with Crippen LogP contribution in [0.25, 0.3) is 0 Å². The molecule has 1 saturated carbocycles. The van der Waals surface area contributed by atoms with E-state index >= 15 is 0 Å². The van der Waals surface area contributed by atoms with Crippen LogP contribution >= 0.6 is 11.8 Å². The number of hydrogen-bond acceptors (Lipinski definition) is 2. The monoisotopic (exact) mass is 233 g/mol. The standard InChI is InChI=1S/C14H19NS/c1-16-14(11-12-7-5-6-8-12)15-13-9-3-2-4-10-13/h2-4,9-10,12H,5-8,11H2,1H3. The predicted octanol–water partition coefficient (Wildman–Crippen LogP) is 4.66. The summed E-state index contributed by atoms with van der Waals surface area (Å²) in [6, 6.07) is 10.3. The Bertz CT molecular complexity index is 339. The number of aliphatic imine (C=N–C) groups is 1. The Labute approximate surface area is 102 Å². The molecular weight excluding hydrogens is 214 g/mol. The van der Waals surface area contributed by atoms with Gasteiger partial charge in [-0.15, -0.1) is 11.8 Å². The van der Waals surface area contributed by atoms with Gasteiger partial charge in [0.1, 0.15) is 0 Å². The summed E-state index contributed by atoms with van der Waals surface area (Å²) in [5.41, 5.74) is 1.09. The first-order chi connectivity index (χ1) is 7.88. The molecule has 1 aliphatic rings. The van der Waals surface area contributed by atoms with Crippen molar-refractivity contribution in [3.63, 3.8) is 0 Å². The predicted molar refractivity (Wildman–Crippen MR) is 73.6 cm³/mol. The fourth-order valence-electron chi connectivity index (χ4n) is 2.28. The number of benzene rings is 1. The van der Waals surface area contributed by atoms with Gasteiger partial charge in [-0.25, -0.2) is 4.99 Å². The van der Waals surface area contributed by atoms with Crippen LogP contribution in [-0.2, 0) is 0 Å². The van der Waals surface area contributed by atoms with E-state index in [-0.39, 0.29) is 0 Å². The highest BCUT2D eigenvalue weighted by atomic mass is 32.2. The lowest BCUT2D eigenvalue weighted by atomic mass is 10.1. The van der Waals surface area contributed by atoms with Crippen LogP contribution < -0.4 is 0 Å². The van der Waals surface area contributed by atoms with E-state index in [1.807, 2.05) is 18.2 Å². The van der Waals surface area contributed by atoms with Crippen molar-refractivity contribution in [1.29, 1.82) is 0 Å². The van der Waals surface area contributed by atoms with Crippen LogP contribution in [0, 0.1) is 5.92 Å². The van der Waals surface area contributed by atoms with Crippen LogP contribution in [0.15, 0.2) is 35.3 Å². The summed E-state index contributed by atoms with van der Waals surface area (Å²) >= 11 is 1.80. The molecule has 86 valence electrons. The Balaban J connectivity index is 2.01. The summed E-state index contributed by atoms with van der Waals surface area (Å²) in [5, 5.41) is 1.29. The molecule has 0 aliphatic heterocycles. The van der Waals surface area contributed by atoms with Crippen LogP contribution in [0.1, 0.15) is 32.1 Å². The van der Waals surface area contributed by atoms with Crippen molar-refractivity contribution >= 4 is 22.5 Å². The second kappa shape index (κ2) is 6.09. The number of para-hydroxylation sites is 1. The molecule has 2 heteroatoms. The van der Waals surface area contributed by atoms with Gasteiger partial charge in [0.25, 0.3) is 0 Å². The van der Waals surface area contributed by atoms with Crippen LogP contribution in [0.3, 0.4) is 0 Å². The van der Waals surface area contributed by atoms with Crippen molar-refractivity contribution in [2.75, 3.05) is 6.26 Å². The summed E-state index contributed by atoms with van der Waals surface area (Å²) in [7, 11) is 0. The maximum atomic E-state index is 4.72. The quantitative estimate of drug-likeness (QED) is 0.546. The Kier molecular flexibility index (Phi) is 4.46. The zero-order valence-electron chi connectivity index (χ0n) is 9.86. The highest BCUT2D eigenvalue weighted by Crippen LogP contribution is 2.30. The number of rotatable bonds is 3. The van der Waals surface area contributed by atoms with Gasteiger partial charge >= 0.3 is 0 Å². The zero-order valence-corrected chi connectivity index (χ0v) is 10.7. The van der Waals surface area contributed by atoms with Gasteiger partial charge in [-0.2, -0.15) is 0 Å². The third kappa shape index (κ3) is 3.38. The first-order valence-electron chi connectivity index (χ1n) is 6.05. The SMILES string of the molecule is CSC(CC1CCCC1)=Nc1ccccc1. The van der Waals surface area contributed by atoms with E-state index < -0.39 is 0 Å². The molecule has 1 nitrogen and oxygen atoms in total. The fourth-order valence-corrected chi connectivity index (χ4v) is 2.88. The average molecular weight is 233 g/mol. The molecule has 0 N–H and O–H groups in total. The molecule has 0 bridgehead atoms. The van der Waals surface area contributed by atoms with E-state index in [9.17, 15) is 0 Å². The van der Waals surface area contributed by atoms with Gasteiger partial charge in [-0.1, -0.05) is 43.9 Å². The van der Waals surface area contributed by atoms with Crippen molar-refractivity contribution in [2.45, 2.75) is 32.1 Å². The summed E-state index contributed by atoms with van der Waals surface area (Å²) in [4.78, 5) is 4.72. The first-order valence-corrected chi connectivity index (χ1v) is 7.27. The molecule has 1 fully saturated rings. The summed E-state index contributed by atoms with van der Waals surface area (Å²) in [5.74, 6) is 0.884. The molecule has 2 rings (SSSR count). The van der Waals surface area contributed by atoms with E-state index in [1.165, 1.54) is 37.1 Å². The Hall–Kier alpha value is -0.760. The van der Waals surface area contributed by atoms with Gasteiger partial charge in [0, 0.05) is 0 Å². The van der Waals surface area contributed by atoms with Crippen LogP contribution in [0.5, 0.6) is 0 Å². The molecule has 1 aliphatic carbocycles. The second-order valence-electron chi connectivity index (χ2n) is 4.40. The van der Waals surface area contributed by atoms with Crippen molar-refractivity contribution in [3.8, 4) is 0 Å². The highest BCUT2D eigenvalue weighted by Gasteiger charge is 2.16. The van der Waals surface area contributed by atoms with Crippen molar-refractivity contribution < 1.29 is 0 Å². The van der Waals surface area contributed by atoms with E-state index in [1.54, 1.807) is 11.8 Å². The maximum absolute atomic E-state index is 4.72. The minimum atomic E-state index is 0.884. The molecule has 0 radical (unpaired) electrons. The molecule has 0 heterocycles. The van der Waals surface area contributed by atoms with Crippen molar-refractivity contribution in [1.82, 2.24) is 0 Å². The largest absolute Gasteiger partial charge is 0.247 e. The number of thioether (sulfide) groups is 1. The lowest BCUT2D eigenvalue weighted by Gasteiger charge is -2.09. The van der Waals surface area contributed by atoms with Gasteiger partial charge in [0.15, 0.2) is 0 Å². The van der Waals surface area contributed by atoms with Gasteiger partial charge < -0.3 is 0 Å². The van der Waals surface area contributed by atoms with Gasteiger partial charge in [-0.3, -0.25) is 0 Å². The van der Waals surface area contributed by atoms with Crippen LogP contribution in [0.2, 0.25) is 0 Å². The fraction of sp³-hybridized carbons (Fsp3) is 0.500. The minimum absolute atomic E-state index is 0.884. The van der Waals surface area contributed by atoms with Crippen molar-refractivity contribution in [3.05, 3.63) is 30.3 Å². The second-order valence-corrected chi connectivity index (χ2v) is 5.28. The first kappa shape index (κ1) is 11.7. The topological polar surface area (TPSA) is 12.4 Å². The summed E-state index contributed by atoms with van der Waals surface area (Å²) < 4.78 is 0. The van der Waals surface area contributed by atoms with Gasteiger partial charge in [-0.05, 0) is 30.7 Å². The van der Waals surface area contributed by atoms with E-state index in [0.29, 0.717) is 0 Å². The lowest BCUT2D eigenvalue weighted by Crippen LogP contribution is -2.01. The zero-order chi connectivity index (χ0) is 11.2. The molecule has 0 unspecified atom stereocenters. The highest BCUT2D eigenvalue weighted by molar-refractivity contribution is 8.13. The summed E-state index contributed by atoms with van der Waals surface area (Å²) in [6.45, 7) is 0. The molecule has 1 aromatic carbocycles. The van der Waals surface area contributed by atoms with Gasteiger partial charge in [0.05, 0.1) is 10.7 Å². The maximum Gasteiger partial charge on any atom is 0.0738 e.